The summed E-state index contributed by atoms with van der Waals surface area (Å²) < 4.78 is 0. The summed E-state index contributed by atoms with van der Waals surface area (Å²) >= 11 is 0. The van der Waals surface area contributed by atoms with E-state index in [1.807, 2.05) is 0 Å². The van der Waals surface area contributed by atoms with Gasteiger partial charge in [-0.25, -0.2) is 0 Å². The minimum atomic E-state index is -0.111. The van der Waals surface area contributed by atoms with Crippen LogP contribution in [-0.2, 0) is 5.41 Å². The normalized spacial score (nSPS) is 13.5. The van der Waals surface area contributed by atoms with Gasteiger partial charge in [-0.2, -0.15) is 0 Å². The summed E-state index contributed by atoms with van der Waals surface area (Å²) in [6.07, 6.45) is 0. The topological polar surface area (TPSA) is 0 Å². The molecule has 10 rings (SSSR count). The highest BCUT2D eigenvalue weighted by Gasteiger charge is 2.37. The Balaban J connectivity index is 1.34. The molecule has 0 atom stereocenters. The molecule has 0 heteroatoms. The van der Waals surface area contributed by atoms with Gasteiger partial charge in [-0.05, 0) is 117 Å². The number of fused-ring (bicyclic) bond motifs is 9. The maximum Gasteiger partial charge on any atom is 0.0159 e. The molecule has 0 N–H and O–H groups in total. The molecule has 220 valence electrons. The molecule has 9 aromatic carbocycles. The van der Waals surface area contributed by atoms with Crippen LogP contribution in [0.15, 0.2) is 158 Å². The summed E-state index contributed by atoms with van der Waals surface area (Å²) in [7, 11) is 0. The van der Waals surface area contributed by atoms with Crippen LogP contribution in [0, 0.1) is 0 Å². The highest BCUT2D eigenvalue weighted by Crippen LogP contribution is 2.55. The average molecular weight is 597 g/mol. The van der Waals surface area contributed by atoms with Gasteiger partial charge < -0.3 is 0 Å². The van der Waals surface area contributed by atoms with Crippen molar-refractivity contribution >= 4 is 53.9 Å². The van der Waals surface area contributed by atoms with Gasteiger partial charge in [0.05, 0.1) is 0 Å². The van der Waals surface area contributed by atoms with E-state index in [1.165, 1.54) is 98.4 Å². The first-order chi connectivity index (χ1) is 23.1. The SMILES string of the molecule is CC1(C)c2ccccc2-c2c1cc1cc(-c3c4ccccc4cc4c3ccc3ccccc34)ccc1c2-c1cccc2ccccc12. The van der Waals surface area contributed by atoms with Crippen LogP contribution < -0.4 is 0 Å². The van der Waals surface area contributed by atoms with Gasteiger partial charge in [-0.15, -0.1) is 0 Å². The Morgan fingerprint density at radius 2 is 0.936 bits per heavy atom. The minimum Gasteiger partial charge on any atom is -0.0619 e. The molecular weight excluding hydrogens is 565 g/mol. The third-order valence-electron chi connectivity index (χ3n) is 10.8. The Morgan fingerprint density at radius 3 is 1.79 bits per heavy atom. The minimum absolute atomic E-state index is 0.111. The summed E-state index contributed by atoms with van der Waals surface area (Å²) in [5.74, 6) is 0. The highest BCUT2D eigenvalue weighted by molar-refractivity contribution is 6.21. The van der Waals surface area contributed by atoms with E-state index in [0.29, 0.717) is 0 Å². The van der Waals surface area contributed by atoms with Crippen LogP contribution >= 0.6 is 0 Å². The summed E-state index contributed by atoms with van der Waals surface area (Å²) in [5, 5.41) is 12.9. The van der Waals surface area contributed by atoms with Crippen LogP contribution in [0.1, 0.15) is 25.0 Å². The molecule has 0 amide bonds. The van der Waals surface area contributed by atoms with Crippen LogP contribution in [-0.4, -0.2) is 0 Å². The quantitative estimate of drug-likeness (QED) is 0.138. The molecule has 0 unspecified atom stereocenters. The van der Waals surface area contributed by atoms with Crippen LogP contribution in [0.25, 0.3) is 87.2 Å². The molecule has 0 nitrogen and oxygen atoms in total. The van der Waals surface area contributed by atoms with Crippen molar-refractivity contribution in [2.24, 2.45) is 0 Å². The lowest BCUT2D eigenvalue weighted by Gasteiger charge is -2.23. The fourth-order valence-corrected chi connectivity index (χ4v) is 8.58. The van der Waals surface area contributed by atoms with E-state index in [9.17, 15) is 0 Å². The lowest BCUT2D eigenvalue weighted by atomic mass is 9.79. The molecule has 1 aliphatic rings. The van der Waals surface area contributed by atoms with Gasteiger partial charge in [0.25, 0.3) is 0 Å². The zero-order valence-electron chi connectivity index (χ0n) is 26.5. The van der Waals surface area contributed by atoms with Gasteiger partial charge in [-0.3, -0.25) is 0 Å². The molecule has 0 fully saturated rings. The van der Waals surface area contributed by atoms with E-state index in [1.54, 1.807) is 0 Å². The molecule has 0 aromatic heterocycles. The lowest BCUT2D eigenvalue weighted by molar-refractivity contribution is 0.661. The highest BCUT2D eigenvalue weighted by atomic mass is 14.4. The fourth-order valence-electron chi connectivity index (χ4n) is 8.58. The zero-order valence-corrected chi connectivity index (χ0v) is 26.5. The van der Waals surface area contributed by atoms with Crippen molar-refractivity contribution in [3.8, 4) is 33.4 Å². The van der Waals surface area contributed by atoms with Crippen LogP contribution in [0.3, 0.4) is 0 Å². The monoisotopic (exact) mass is 596 g/mol. The molecule has 0 radical (unpaired) electrons. The average Bonchev–Trinajstić information content (AvgIpc) is 3.34. The molecule has 0 spiro atoms. The maximum atomic E-state index is 2.49. The summed E-state index contributed by atoms with van der Waals surface area (Å²) in [5.41, 5.74) is 10.6. The van der Waals surface area contributed by atoms with Crippen molar-refractivity contribution in [1.29, 1.82) is 0 Å². The Bertz CT molecular complexity index is 2750. The van der Waals surface area contributed by atoms with Crippen molar-refractivity contribution in [3.05, 3.63) is 169 Å². The van der Waals surface area contributed by atoms with E-state index in [0.717, 1.165) is 0 Å². The van der Waals surface area contributed by atoms with Gasteiger partial charge in [0.2, 0.25) is 0 Å². The van der Waals surface area contributed by atoms with E-state index in [4.69, 9.17) is 0 Å². The first-order valence-electron chi connectivity index (χ1n) is 16.6. The predicted molar refractivity (Wildman–Crippen MR) is 202 cm³/mol. The Labute approximate surface area is 274 Å². The summed E-state index contributed by atoms with van der Waals surface area (Å²) in [4.78, 5) is 0. The molecule has 0 saturated carbocycles. The van der Waals surface area contributed by atoms with Gasteiger partial charge in [0.15, 0.2) is 0 Å². The van der Waals surface area contributed by atoms with Crippen molar-refractivity contribution in [3.63, 3.8) is 0 Å². The molecule has 47 heavy (non-hydrogen) atoms. The Hall–Kier alpha value is -5.72. The van der Waals surface area contributed by atoms with E-state index in [2.05, 4.69) is 172 Å². The van der Waals surface area contributed by atoms with Crippen LogP contribution in [0.4, 0.5) is 0 Å². The van der Waals surface area contributed by atoms with Crippen molar-refractivity contribution < 1.29 is 0 Å². The molecule has 9 aromatic rings. The summed E-state index contributed by atoms with van der Waals surface area (Å²) in [6.45, 7) is 4.78. The Morgan fingerprint density at radius 1 is 0.319 bits per heavy atom. The second-order valence-corrected chi connectivity index (χ2v) is 13.7. The van der Waals surface area contributed by atoms with Crippen molar-refractivity contribution in [2.75, 3.05) is 0 Å². The fraction of sp³-hybridized carbons (Fsp3) is 0.0638. The third-order valence-corrected chi connectivity index (χ3v) is 10.8. The van der Waals surface area contributed by atoms with E-state index >= 15 is 0 Å². The van der Waals surface area contributed by atoms with Gasteiger partial charge in [0, 0.05) is 5.41 Å². The Kier molecular flexibility index (Phi) is 5.44. The number of rotatable bonds is 2. The lowest BCUT2D eigenvalue weighted by Crippen LogP contribution is -2.15. The van der Waals surface area contributed by atoms with E-state index < -0.39 is 0 Å². The maximum absolute atomic E-state index is 2.49. The number of hydrogen-bond donors (Lipinski definition) is 0. The van der Waals surface area contributed by atoms with Crippen LogP contribution in [0.2, 0.25) is 0 Å². The smallest absolute Gasteiger partial charge is 0.0159 e. The molecule has 0 saturated heterocycles. The number of benzene rings is 9. The molecular formula is C47H32. The zero-order chi connectivity index (χ0) is 31.3. The molecule has 0 heterocycles. The second kappa shape index (κ2) is 9.64. The second-order valence-electron chi connectivity index (χ2n) is 13.7. The molecule has 0 aliphatic heterocycles. The molecule has 0 bridgehead atoms. The van der Waals surface area contributed by atoms with E-state index in [-0.39, 0.29) is 5.41 Å². The van der Waals surface area contributed by atoms with Gasteiger partial charge in [0.1, 0.15) is 0 Å². The number of hydrogen-bond acceptors (Lipinski definition) is 0. The summed E-state index contributed by atoms with van der Waals surface area (Å²) in [6, 6.07) is 59.0. The van der Waals surface area contributed by atoms with Crippen molar-refractivity contribution in [2.45, 2.75) is 19.3 Å². The first-order valence-corrected chi connectivity index (χ1v) is 16.6. The third kappa shape index (κ3) is 3.70. The van der Waals surface area contributed by atoms with Crippen molar-refractivity contribution in [1.82, 2.24) is 0 Å². The van der Waals surface area contributed by atoms with Gasteiger partial charge in [-0.1, -0.05) is 153 Å². The largest absolute Gasteiger partial charge is 0.0619 e. The standard InChI is InChI=1S/C47H32/c1-47(2)42-21-10-9-19-40(42)46-43(47)28-33-26-32(23-24-37(33)45(46)38-20-11-15-29-12-3-6-16-34(29)38)44-36-18-8-5-14-31(36)27-41-35-17-7-4-13-30(35)22-25-39(41)44/h3-28H,1-2H3. The molecule has 1 aliphatic carbocycles. The first kappa shape index (κ1) is 26.5. The predicted octanol–water partition coefficient (Wildman–Crippen LogP) is 13.1. The van der Waals surface area contributed by atoms with Crippen LogP contribution in [0.5, 0.6) is 0 Å². The van der Waals surface area contributed by atoms with Gasteiger partial charge >= 0.3 is 0 Å².